The van der Waals surface area contributed by atoms with Gasteiger partial charge in [0.05, 0.1) is 17.1 Å². The third-order valence-electron chi connectivity index (χ3n) is 7.38. The summed E-state index contributed by atoms with van der Waals surface area (Å²) in [6.45, 7) is 6.71. The highest BCUT2D eigenvalue weighted by Gasteiger charge is 2.37. The van der Waals surface area contributed by atoms with Gasteiger partial charge in [-0.25, -0.2) is 4.79 Å². The summed E-state index contributed by atoms with van der Waals surface area (Å²) >= 11 is 0. The number of urea groups is 1. The summed E-state index contributed by atoms with van der Waals surface area (Å²) < 4.78 is 2.16. The van der Waals surface area contributed by atoms with E-state index in [1.165, 1.54) is 0 Å². The molecule has 1 aliphatic heterocycles. The van der Waals surface area contributed by atoms with Crippen LogP contribution in [0.4, 0.5) is 16.2 Å². The molecule has 0 radical (unpaired) electrons. The van der Waals surface area contributed by atoms with Gasteiger partial charge in [-0.1, -0.05) is 80.4 Å². The SMILES string of the molecule is CCCCN(CC(=O)N1c2ccccc2-n2cccc2C1c1cccc(C)c1)C(=O)Nc1ccccc1CC. The average molecular weight is 521 g/mol. The van der Waals surface area contributed by atoms with Gasteiger partial charge in [0.1, 0.15) is 12.6 Å². The van der Waals surface area contributed by atoms with E-state index in [-0.39, 0.29) is 24.5 Å². The summed E-state index contributed by atoms with van der Waals surface area (Å²) in [4.78, 5) is 31.4. The number of unbranched alkanes of at least 4 members (excludes halogenated alkanes) is 1. The Bertz CT molecular complexity index is 1470. The second-order valence-electron chi connectivity index (χ2n) is 10.1. The largest absolute Gasteiger partial charge is 0.322 e. The molecule has 0 spiro atoms. The van der Waals surface area contributed by atoms with Crippen LogP contribution in [0, 0.1) is 6.92 Å². The van der Waals surface area contributed by atoms with Crippen molar-refractivity contribution in [1.82, 2.24) is 9.47 Å². The number of rotatable bonds is 8. The Balaban J connectivity index is 1.51. The monoisotopic (exact) mass is 520 g/mol. The number of benzene rings is 3. The van der Waals surface area contributed by atoms with E-state index in [1.54, 1.807) is 4.90 Å². The van der Waals surface area contributed by atoms with Crippen molar-refractivity contribution in [3.8, 4) is 5.69 Å². The van der Waals surface area contributed by atoms with E-state index in [0.29, 0.717) is 6.54 Å². The molecule has 6 heteroatoms. The van der Waals surface area contributed by atoms with Crippen molar-refractivity contribution in [2.45, 2.75) is 46.1 Å². The first-order valence-corrected chi connectivity index (χ1v) is 13.8. The zero-order chi connectivity index (χ0) is 27.4. The number of para-hydroxylation sites is 3. The van der Waals surface area contributed by atoms with E-state index < -0.39 is 0 Å². The fourth-order valence-electron chi connectivity index (χ4n) is 5.40. The summed E-state index contributed by atoms with van der Waals surface area (Å²) in [7, 11) is 0. The van der Waals surface area contributed by atoms with Gasteiger partial charge in [-0.2, -0.15) is 0 Å². The number of fused-ring (bicyclic) bond motifs is 3. The maximum atomic E-state index is 14.3. The number of carbonyl (C=O) groups is 2. The van der Waals surface area contributed by atoms with E-state index >= 15 is 0 Å². The van der Waals surface area contributed by atoms with E-state index in [4.69, 9.17) is 0 Å². The fraction of sp³-hybridized carbons (Fsp3) is 0.273. The van der Waals surface area contributed by atoms with Crippen molar-refractivity contribution in [1.29, 1.82) is 0 Å². The number of nitrogens with one attached hydrogen (secondary N) is 1. The number of aryl methyl sites for hydroxylation is 2. The molecule has 0 fully saturated rings. The molecule has 6 nitrogen and oxygen atoms in total. The topological polar surface area (TPSA) is 57.6 Å². The smallest absolute Gasteiger partial charge is 0.316 e. The highest BCUT2D eigenvalue weighted by Crippen LogP contribution is 2.42. The Hall–Kier alpha value is -4.32. The van der Waals surface area contributed by atoms with Crippen LogP contribution in [0.5, 0.6) is 0 Å². The van der Waals surface area contributed by atoms with Crippen LogP contribution in [0.2, 0.25) is 0 Å². The zero-order valence-electron chi connectivity index (χ0n) is 22.9. The van der Waals surface area contributed by atoms with Crippen LogP contribution in [0.1, 0.15) is 55.1 Å². The molecule has 0 saturated heterocycles. The predicted octanol–water partition coefficient (Wildman–Crippen LogP) is 7.12. The summed E-state index contributed by atoms with van der Waals surface area (Å²) in [5, 5.41) is 3.07. The lowest BCUT2D eigenvalue weighted by atomic mass is 9.96. The number of aromatic nitrogens is 1. The third-order valence-corrected chi connectivity index (χ3v) is 7.38. The molecule has 5 rings (SSSR count). The quantitative estimate of drug-likeness (QED) is 0.269. The number of hydrogen-bond acceptors (Lipinski definition) is 2. The minimum absolute atomic E-state index is 0.0164. The van der Waals surface area contributed by atoms with Crippen LogP contribution in [0.3, 0.4) is 0 Å². The Kier molecular flexibility index (Phi) is 7.82. The fourth-order valence-corrected chi connectivity index (χ4v) is 5.40. The van der Waals surface area contributed by atoms with Gasteiger partial charge in [-0.05, 0) is 61.2 Å². The number of nitrogens with zero attached hydrogens (tertiary/aromatic N) is 3. The first kappa shape index (κ1) is 26.3. The second-order valence-corrected chi connectivity index (χ2v) is 10.1. The van der Waals surface area contributed by atoms with Gasteiger partial charge in [-0.15, -0.1) is 0 Å². The molecule has 4 aromatic rings. The molecule has 200 valence electrons. The molecular formula is C33H36N4O2. The number of hydrogen-bond donors (Lipinski definition) is 1. The lowest BCUT2D eigenvalue weighted by Gasteiger charge is -2.39. The van der Waals surface area contributed by atoms with Gasteiger partial charge in [0, 0.05) is 18.4 Å². The summed E-state index contributed by atoms with van der Waals surface area (Å²) in [5.41, 5.74) is 6.85. The molecule has 1 atom stereocenters. The van der Waals surface area contributed by atoms with Crippen molar-refractivity contribution in [3.05, 3.63) is 114 Å². The van der Waals surface area contributed by atoms with Gasteiger partial charge >= 0.3 is 6.03 Å². The average Bonchev–Trinajstić information content (AvgIpc) is 3.44. The maximum Gasteiger partial charge on any atom is 0.322 e. The van der Waals surface area contributed by atoms with Crippen LogP contribution < -0.4 is 10.2 Å². The van der Waals surface area contributed by atoms with Gasteiger partial charge < -0.3 is 14.8 Å². The summed E-state index contributed by atoms with van der Waals surface area (Å²) in [5.74, 6) is -0.114. The van der Waals surface area contributed by atoms with Gasteiger partial charge in [0.15, 0.2) is 0 Å². The van der Waals surface area contributed by atoms with Crippen LogP contribution in [-0.2, 0) is 11.2 Å². The third kappa shape index (κ3) is 5.32. The van der Waals surface area contributed by atoms with Gasteiger partial charge in [-0.3, -0.25) is 9.69 Å². The Morgan fingerprint density at radius 1 is 0.897 bits per heavy atom. The molecule has 3 aromatic carbocycles. The van der Waals surface area contributed by atoms with Crippen molar-refractivity contribution in [2.75, 3.05) is 23.3 Å². The van der Waals surface area contributed by atoms with Crippen molar-refractivity contribution >= 4 is 23.3 Å². The van der Waals surface area contributed by atoms with Crippen LogP contribution in [-0.4, -0.2) is 34.5 Å². The van der Waals surface area contributed by atoms with Crippen molar-refractivity contribution < 1.29 is 9.59 Å². The molecule has 1 N–H and O–H groups in total. The predicted molar refractivity (Wildman–Crippen MR) is 158 cm³/mol. The number of amides is 3. The lowest BCUT2D eigenvalue weighted by molar-refractivity contribution is -0.119. The summed E-state index contributed by atoms with van der Waals surface area (Å²) in [6, 6.07) is 27.7. The number of carbonyl (C=O) groups excluding carboxylic acids is 2. The molecule has 1 aliphatic rings. The van der Waals surface area contributed by atoms with Crippen LogP contribution >= 0.6 is 0 Å². The molecule has 39 heavy (non-hydrogen) atoms. The van der Waals surface area contributed by atoms with E-state index in [1.807, 2.05) is 71.8 Å². The molecule has 3 amide bonds. The Labute approximate surface area is 230 Å². The zero-order valence-corrected chi connectivity index (χ0v) is 22.9. The standard InChI is InChI=1S/C33H36N4O2/c1-4-6-20-35(33(39)34-27-16-8-7-14-25(27)5-2)23-31(38)37-29-18-10-9-17-28(29)36-21-12-19-30(36)32(37)26-15-11-13-24(3)22-26/h7-19,21-22,32H,4-6,20,23H2,1-3H3,(H,34,39). The second kappa shape index (κ2) is 11.6. The minimum atomic E-state index is -0.306. The molecule has 1 unspecified atom stereocenters. The Morgan fingerprint density at radius 2 is 1.67 bits per heavy atom. The van der Waals surface area contributed by atoms with E-state index in [9.17, 15) is 9.59 Å². The van der Waals surface area contributed by atoms with Crippen LogP contribution in [0.25, 0.3) is 5.69 Å². The lowest BCUT2D eigenvalue weighted by Crippen LogP contribution is -2.48. The molecule has 2 heterocycles. The van der Waals surface area contributed by atoms with Crippen molar-refractivity contribution in [3.63, 3.8) is 0 Å². The number of anilines is 2. The van der Waals surface area contributed by atoms with E-state index in [0.717, 1.165) is 58.7 Å². The van der Waals surface area contributed by atoms with Gasteiger partial charge in [0.25, 0.3) is 0 Å². The first-order chi connectivity index (χ1) is 19.0. The molecule has 0 saturated carbocycles. The normalized spacial score (nSPS) is 13.9. The molecule has 1 aromatic heterocycles. The maximum absolute atomic E-state index is 14.3. The summed E-state index contributed by atoms with van der Waals surface area (Å²) in [6.07, 6.45) is 4.60. The molecule has 0 bridgehead atoms. The molecule has 0 aliphatic carbocycles. The first-order valence-electron chi connectivity index (χ1n) is 13.8. The van der Waals surface area contributed by atoms with E-state index in [2.05, 4.69) is 54.9 Å². The van der Waals surface area contributed by atoms with Crippen LogP contribution in [0.15, 0.2) is 91.1 Å². The minimum Gasteiger partial charge on any atom is -0.316 e. The molecular weight excluding hydrogens is 484 g/mol. The van der Waals surface area contributed by atoms with Gasteiger partial charge in [0.2, 0.25) is 5.91 Å². The van der Waals surface area contributed by atoms with Crippen molar-refractivity contribution in [2.24, 2.45) is 0 Å². The highest BCUT2D eigenvalue weighted by molar-refractivity contribution is 6.01. The highest BCUT2D eigenvalue weighted by atomic mass is 16.2. The Morgan fingerprint density at radius 3 is 2.44 bits per heavy atom.